The summed E-state index contributed by atoms with van der Waals surface area (Å²) >= 11 is 0. The van der Waals surface area contributed by atoms with E-state index in [4.69, 9.17) is 0 Å². The highest BCUT2D eigenvalue weighted by Crippen LogP contribution is 2.23. The third-order valence-electron chi connectivity index (χ3n) is 3.48. The molecule has 9 nitrogen and oxygen atoms in total. The van der Waals surface area contributed by atoms with Crippen molar-refractivity contribution in [2.75, 3.05) is 25.2 Å². The number of nitrogens with one attached hydrogen (secondary N) is 1. The van der Waals surface area contributed by atoms with Crippen LogP contribution in [0.15, 0.2) is 25.2 Å². The fourth-order valence-electron chi connectivity index (χ4n) is 2.32. The lowest BCUT2D eigenvalue weighted by Crippen LogP contribution is -2.19. The van der Waals surface area contributed by atoms with Crippen molar-refractivity contribution in [2.45, 2.75) is 12.6 Å². The number of aromatic amines is 1. The minimum atomic E-state index is -0.467. The molecular formula is C13H17N7O2. The van der Waals surface area contributed by atoms with Crippen molar-refractivity contribution in [1.29, 1.82) is 0 Å². The molecular weight excluding hydrogens is 286 g/mol. The topological polar surface area (TPSA) is 116 Å². The van der Waals surface area contributed by atoms with Crippen LogP contribution in [0.3, 0.4) is 0 Å². The Bertz CT molecular complexity index is 736. The van der Waals surface area contributed by atoms with Crippen LogP contribution >= 0.6 is 0 Å². The molecule has 0 aliphatic carbocycles. The molecule has 3 aromatic heterocycles. The highest BCUT2D eigenvalue weighted by atomic mass is 16.3. The Hall–Kier alpha value is -2.52. The van der Waals surface area contributed by atoms with E-state index in [1.807, 2.05) is 11.9 Å². The smallest absolute Gasteiger partial charge is 0.165 e. The van der Waals surface area contributed by atoms with E-state index in [1.165, 1.54) is 6.33 Å². The van der Waals surface area contributed by atoms with Crippen LogP contribution in [-0.4, -0.2) is 60.0 Å². The summed E-state index contributed by atoms with van der Waals surface area (Å²) in [4.78, 5) is 21.8. The maximum atomic E-state index is 9.33. The molecule has 3 rings (SSSR count). The van der Waals surface area contributed by atoms with Crippen LogP contribution in [0.5, 0.6) is 0 Å². The number of fused-ring (bicyclic) bond motifs is 1. The van der Waals surface area contributed by atoms with Gasteiger partial charge in [0.1, 0.15) is 6.33 Å². The highest BCUT2D eigenvalue weighted by Gasteiger charge is 2.18. The van der Waals surface area contributed by atoms with Crippen molar-refractivity contribution in [1.82, 2.24) is 29.5 Å². The summed E-state index contributed by atoms with van der Waals surface area (Å²) in [6.45, 7) is 0.221. The molecule has 3 aromatic rings. The summed E-state index contributed by atoms with van der Waals surface area (Å²) in [5.41, 5.74) is 2.16. The van der Waals surface area contributed by atoms with Crippen LogP contribution in [0.25, 0.3) is 11.2 Å². The quantitative estimate of drug-likeness (QED) is 0.573. The molecule has 0 unspecified atom stereocenters. The second kappa shape index (κ2) is 6.08. The number of H-pyrrole nitrogens is 1. The van der Waals surface area contributed by atoms with Crippen molar-refractivity contribution >= 4 is 17.0 Å². The van der Waals surface area contributed by atoms with E-state index in [0.29, 0.717) is 23.5 Å². The number of aromatic nitrogens is 6. The van der Waals surface area contributed by atoms with E-state index >= 15 is 0 Å². The van der Waals surface area contributed by atoms with Gasteiger partial charge in [-0.3, -0.25) is 0 Å². The number of hydrogen-bond acceptors (Lipinski definition) is 7. The number of aliphatic hydroxyl groups is 2. The summed E-state index contributed by atoms with van der Waals surface area (Å²) in [7, 11) is 1.90. The van der Waals surface area contributed by atoms with E-state index < -0.39 is 6.04 Å². The van der Waals surface area contributed by atoms with Crippen LogP contribution in [0, 0.1) is 0 Å². The Morgan fingerprint density at radius 1 is 1.27 bits per heavy atom. The molecule has 0 spiro atoms. The van der Waals surface area contributed by atoms with Gasteiger partial charge in [-0.1, -0.05) is 0 Å². The number of anilines is 1. The second-order valence-electron chi connectivity index (χ2n) is 4.97. The van der Waals surface area contributed by atoms with Crippen LogP contribution in [-0.2, 0) is 6.54 Å². The maximum absolute atomic E-state index is 9.33. The SMILES string of the molecule is CN(Cc1cnc[nH]1)c1ncnc2c1ncn2C(CO)CO. The van der Waals surface area contributed by atoms with Crippen LogP contribution in [0.2, 0.25) is 0 Å². The summed E-state index contributed by atoms with van der Waals surface area (Å²) in [5, 5.41) is 18.7. The standard InChI is InChI=1S/C13H17N7O2/c1-19(3-9-2-14-6-15-9)12-11-13(17-7-16-12)20(8-18-11)10(4-21)5-22/h2,6-8,10,21-22H,3-5H2,1H3,(H,14,15). The van der Waals surface area contributed by atoms with E-state index in [9.17, 15) is 10.2 Å². The molecule has 0 aliphatic heterocycles. The molecule has 0 amide bonds. The lowest BCUT2D eigenvalue weighted by molar-refractivity contribution is 0.156. The molecule has 3 N–H and O–H groups in total. The second-order valence-corrected chi connectivity index (χ2v) is 4.97. The normalized spacial score (nSPS) is 11.5. The zero-order valence-corrected chi connectivity index (χ0v) is 12.1. The van der Waals surface area contributed by atoms with Crippen molar-refractivity contribution in [2.24, 2.45) is 0 Å². The first-order valence-electron chi connectivity index (χ1n) is 6.82. The molecule has 0 atom stereocenters. The van der Waals surface area contributed by atoms with Gasteiger partial charge >= 0.3 is 0 Å². The fraction of sp³-hybridized carbons (Fsp3) is 0.385. The number of aliphatic hydroxyl groups excluding tert-OH is 2. The average Bonchev–Trinajstić information content (AvgIpc) is 3.18. The summed E-state index contributed by atoms with van der Waals surface area (Å²) in [5.74, 6) is 0.674. The Morgan fingerprint density at radius 3 is 2.77 bits per heavy atom. The summed E-state index contributed by atoms with van der Waals surface area (Å²) in [6.07, 6.45) is 6.39. The lowest BCUT2D eigenvalue weighted by Gasteiger charge is -2.17. The van der Waals surface area contributed by atoms with E-state index in [2.05, 4.69) is 24.9 Å². The number of hydrogen-bond donors (Lipinski definition) is 3. The first-order chi connectivity index (χ1) is 10.7. The number of imidazole rings is 2. The molecule has 116 valence electrons. The minimum Gasteiger partial charge on any atom is -0.394 e. The van der Waals surface area contributed by atoms with Gasteiger partial charge in [0, 0.05) is 13.2 Å². The molecule has 9 heteroatoms. The average molecular weight is 303 g/mol. The van der Waals surface area contributed by atoms with Crippen molar-refractivity contribution < 1.29 is 10.2 Å². The molecule has 0 fully saturated rings. The predicted molar refractivity (Wildman–Crippen MR) is 79.2 cm³/mol. The molecule has 0 aromatic carbocycles. The molecule has 0 saturated carbocycles. The molecule has 0 aliphatic rings. The highest BCUT2D eigenvalue weighted by molar-refractivity contribution is 5.83. The number of nitrogens with zero attached hydrogens (tertiary/aromatic N) is 6. The molecule has 22 heavy (non-hydrogen) atoms. The van der Waals surface area contributed by atoms with Crippen molar-refractivity contribution in [3.05, 3.63) is 30.9 Å². The Kier molecular flexibility index (Phi) is 3.98. The first kappa shape index (κ1) is 14.4. The number of rotatable bonds is 6. The minimum absolute atomic E-state index is 0.189. The van der Waals surface area contributed by atoms with Crippen LogP contribution in [0.4, 0.5) is 5.82 Å². The first-order valence-corrected chi connectivity index (χ1v) is 6.82. The largest absolute Gasteiger partial charge is 0.394 e. The zero-order chi connectivity index (χ0) is 15.5. The van der Waals surface area contributed by atoms with Crippen molar-refractivity contribution in [3.8, 4) is 0 Å². The van der Waals surface area contributed by atoms with Gasteiger partial charge in [-0.15, -0.1) is 0 Å². The Morgan fingerprint density at radius 2 is 2.09 bits per heavy atom. The van der Waals surface area contributed by atoms with Gasteiger partial charge < -0.3 is 24.7 Å². The fourth-order valence-corrected chi connectivity index (χ4v) is 2.32. The van der Waals surface area contributed by atoms with E-state index in [-0.39, 0.29) is 13.2 Å². The van der Waals surface area contributed by atoms with Gasteiger partial charge in [0.2, 0.25) is 0 Å². The maximum Gasteiger partial charge on any atom is 0.165 e. The van der Waals surface area contributed by atoms with E-state index in [1.54, 1.807) is 23.4 Å². The van der Waals surface area contributed by atoms with Gasteiger partial charge in [-0.2, -0.15) is 0 Å². The van der Waals surface area contributed by atoms with Gasteiger partial charge in [0.25, 0.3) is 0 Å². The lowest BCUT2D eigenvalue weighted by atomic mass is 10.3. The van der Waals surface area contributed by atoms with Gasteiger partial charge in [0.05, 0.1) is 44.1 Å². The summed E-state index contributed by atoms with van der Waals surface area (Å²) < 4.78 is 1.66. The van der Waals surface area contributed by atoms with Gasteiger partial charge in [-0.25, -0.2) is 19.9 Å². The molecule has 3 heterocycles. The third-order valence-corrected chi connectivity index (χ3v) is 3.48. The van der Waals surface area contributed by atoms with E-state index in [0.717, 1.165) is 5.69 Å². The Labute approximate surface area is 126 Å². The Balaban J connectivity index is 1.97. The molecule has 0 radical (unpaired) electrons. The van der Waals surface area contributed by atoms with Crippen LogP contribution in [0.1, 0.15) is 11.7 Å². The molecule has 0 bridgehead atoms. The zero-order valence-electron chi connectivity index (χ0n) is 12.1. The third kappa shape index (κ3) is 2.51. The van der Waals surface area contributed by atoms with Gasteiger partial charge in [-0.05, 0) is 0 Å². The summed E-state index contributed by atoms with van der Waals surface area (Å²) in [6, 6.07) is -0.467. The van der Waals surface area contributed by atoms with Gasteiger partial charge in [0.15, 0.2) is 17.0 Å². The van der Waals surface area contributed by atoms with Crippen LogP contribution < -0.4 is 4.90 Å². The van der Waals surface area contributed by atoms with Crippen molar-refractivity contribution in [3.63, 3.8) is 0 Å². The molecule has 0 saturated heterocycles. The predicted octanol–water partition coefficient (Wildman–Crippen LogP) is -0.288. The monoisotopic (exact) mass is 303 g/mol.